The van der Waals surface area contributed by atoms with Crippen molar-refractivity contribution in [2.24, 2.45) is 0 Å². The number of rotatable bonds is 7. The summed E-state index contributed by atoms with van der Waals surface area (Å²) >= 11 is 0. The van der Waals surface area contributed by atoms with Crippen LogP contribution in [0.1, 0.15) is 20.8 Å². The van der Waals surface area contributed by atoms with E-state index in [1.54, 1.807) is 13.0 Å². The highest BCUT2D eigenvalue weighted by molar-refractivity contribution is 7.95. The molecule has 0 unspecified atom stereocenters. The Morgan fingerprint density at radius 3 is 2.29 bits per heavy atom. The van der Waals surface area contributed by atoms with Gasteiger partial charge >= 0.3 is 0 Å². The van der Waals surface area contributed by atoms with E-state index in [1.807, 2.05) is 0 Å². The number of hydrogen-bond donors (Lipinski definition) is 1. The van der Waals surface area contributed by atoms with Gasteiger partial charge in [-0.05, 0) is 32.9 Å². The van der Waals surface area contributed by atoms with Crippen molar-refractivity contribution in [3.05, 3.63) is 18.2 Å². The number of ether oxygens (including phenoxy) is 1. The Hall–Kier alpha value is -1.28. The average molecular weight is 335 g/mol. The summed E-state index contributed by atoms with van der Waals surface area (Å²) in [5, 5.41) is -0.611. The van der Waals surface area contributed by atoms with Crippen molar-refractivity contribution in [2.75, 3.05) is 23.8 Å². The third kappa shape index (κ3) is 4.60. The molecule has 0 aliphatic carbocycles. The highest BCUT2D eigenvalue weighted by Gasteiger charge is 2.24. The van der Waals surface area contributed by atoms with Gasteiger partial charge in [0.15, 0.2) is 19.7 Å². The van der Waals surface area contributed by atoms with Gasteiger partial charge in [-0.15, -0.1) is 0 Å². The predicted molar refractivity (Wildman–Crippen MR) is 83.0 cm³/mol. The maximum Gasteiger partial charge on any atom is 0.181 e. The maximum absolute atomic E-state index is 12.3. The van der Waals surface area contributed by atoms with Crippen molar-refractivity contribution in [3.8, 4) is 5.75 Å². The quantitative estimate of drug-likeness (QED) is 0.753. The zero-order valence-corrected chi connectivity index (χ0v) is 14.0. The molecule has 2 N–H and O–H groups in total. The molecule has 0 spiro atoms. The molecule has 0 amide bonds. The second kappa shape index (κ2) is 6.65. The molecular formula is C13H21NO5S2. The molecule has 1 rings (SSSR count). The molecule has 0 aromatic heterocycles. The van der Waals surface area contributed by atoms with Crippen LogP contribution in [-0.4, -0.2) is 40.2 Å². The summed E-state index contributed by atoms with van der Waals surface area (Å²) in [6.45, 7) is 5.21. The van der Waals surface area contributed by atoms with E-state index in [4.69, 9.17) is 10.5 Å². The Labute approximate surface area is 126 Å². The van der Waals surface area contributed by atoms with Crippen molar-refractivity contribution in [1.29, 1.82) is 0 Å². The predicted octanol–water partition coefficient (Wildman–Crippen LogP) is 1.26. The Morgan fingerprint density at radius 2 is 1.76 bits per heavy atom. The van der Waals surface area contributed by atoms with E-state index >= 15 is 0 Å². The molecule has 0 bridgehead atoms. The second-order valence-corrected chi connectivity index (χ2v) is 9.62. The lowest BCUT2D eigenvalue weighted by atomic mass is 10.3. The van der Waals surface area contributed by atoms with Gasteiger partial charge in [-0.3, -0.25) is 0 Å². The van der Waals surface area contributed by atoms with Gasteiger partial charge in [0.25, 0.3) is 0 Å². The van der Waals surface area contributed by atoms with Crippen LogP contribution in [0.3, 0.4) is 0 Å². The highest BCUT2D eigenvalue weighted by Crippen LogP contribution is 2.25. The fourth-order valence-corrected chi connectivity index (χ4v) is 4.83. The molecule has 6 nitrogen and oxygen atoms in total. The number of anilines is 1. The Balaban J connectivity index is 3.06. The van der Waals surface area contributed by atoms with Gasteiger partial charge < -0.3 is 10.5 Å². The van der Waals surface area contributed by atoms with Gasteiger partial charge in [-0.2, -0.15) is 0 Å². The summed E-state index contributed by atoms with van der Waals surface area (Å²) in [6.07, 6.45) is 0. The SMILES string of the molecule is CCOc1ccc(N)c(S(=O)(=O)CCS(=O)(=O)C(C)C)c1. The summed E-state index contributed by atoms with van der Waals surface area (Å²) in [5.74, 6) is -0.532. The lowest BCUT2D eigenvalue weighted by Crippen LogP contribution is -2.24. The number of hydrogen-bond acceptors (Lipinski definition) is 6. The van der Waals surface area contributed by atoms with Gasteiger partial charge in [0.05, 0.1) is 33.9 Å². The Morgan fingerprint density at radius 1 is 1.14 bits per heavy atom. The first-order valence-corrected chi connectivity index (χ1v) is 9.93. The molecule has 1 aromatic carbocycles. The molecule has 1 aromatic rings. The third-order valence-corrected chi connectivity index (χ3v) is 7.22. The molecule has 0 saturated carbocycles. The number of benzene rings is 1. The van der Waals surface area contributed by atoms with Crippen molar-refractivity contribution in [3.63, 3.8) is 0 Å². The summed E-state index contributed by atoms with van der Waals surface area (Å²) in [5.41, 5.74) is 5.77. The molecule has 0 atom stereocenters. The lowest BCUT2D eigenvalue weighted by molar-refractivity contribution is 0.339. The van der Waals surface area contributed by atoms with Crippen LogP contribution in [0.4, 0.5) is 5.69 Å². The Kier molecular flexibility index (Phi) is 5.63. The minimum atomic E-state index is -3.78. The van der Waals surface area contributed by atoms with Gasteiger partial charge in [-0.1, -0.05) is 0 Å². The average Bonchev–Trinajstić information content (AvgIpc) is 2.39. The van der Waals surface area contributed by atoms with Crippen molar-refractivity contribution < 1.29 is 21.6 Å². The second-order valence-electron chi connectivity index (χ2n) is 4.87. The van der Waals surface area contributed by atoms with E-state index < -0.39 is 36.4 Å². The third-order valence-electron chi connectivity index (χ3n) is 2.99. The molecule has 120 valence electrons. The molecule has 8 heteroatoms. The number of nitrogens with two attached hydrogens (primary N) is 1. The molecule has 0 aliphatic rings. The molecule has 0 radical (unpaired) electrons. The lowest BCUT2D eigenvalue weighted by Gasteiger charge is -2.11. The first-order valence-electron chi connectivity index (χ1n) is 6.57. The fourth-order valence-electron chi connectivity index (χ4n) is 1.61. The molecule has 0 fully saturated rings. The molecule has 21 heavy (non-hydrogen) atoms. The molecular weight excluding hydrogens is 314 g/mol. The number of nitrogen functional groups attached to an aromatic ring is 1. The van der Waals surface area contributed by atoms with E-state index in [1.165, 1.54) is 26.0 Å². The summed E-state index contributed by atoms with van der Waals surface area (Å²) in [4.78, 5) is -0.0904. The van der Waals surface area contributed by atoms with E-state index in [0.717, 1.165) is 0 Å². The minimum absolute atomic E-state index is 0.0837. The van der Waals surface area contributed by atoms with Crippen molar-refractivity contribution in [2.45, 2.75) is 30.9 Å². The normalized spacial score (nSPS) is 12.6. The van der Waals surface area contributed by atoms with Crippen LogP contribution in [-0.2, 0) is 19.7 Å². The van der Waals surface area contributed by atoms with Crippen LogP contribution in [0.2, 0.25) is 0 Å². The zero-order valence-electron chi connectivity index (χ0n) is 12.4. The Bertz CT molecular complexity index is 693. The van der Waals surface area contributed by atoms with Crippen molar-refractivity contribution >= 4 is 25.4 Å². The smallest absolute Gasteiger partial charge is 0.181 e. The van der Waals surface area contributed by atoms with Gasteiger partial charge in [0.1, 0.15) is 5.75 Å². The summed E-state index contributed by atoms with van der Waals surface area (Å²) in [6, 6.07) is 4.34. The zero-order chi connectivity index (χ0) is 16.3. The van der Waals surface area contributed by atoms with Crippen molar-refractivity contribution in [1.82, 2.24) is 0 Å². The van der Waals surface area contributed by atoms with E-state index in [0.29, 0.717) is 12.4 Å². The minimum Gasteiger partial charge on any atom is -0.494 e. The van der Waals surface area contributed by atoms with Crippen LogP contribution in [0.15, 0.2) is 23.1 Å². The van der Waals surface area contributed by atoms with Crippen LogP contribution >= 0.6 is 0 Å². The summed E-state index contributed by atoms with van der Waals surface area (Å²) < 4.78 is 53.3. The van der Waals surface area contributed by atoms with Gasteiger partial charge in [-0.25, -0.2) is 16.8 Å². The van der Waals surface area contributed by atoms with E-state index in [9.17, 15) is 16.8 Å². The standard InChI is InChI=1S/C13H21NO5S2/c1-4-19-11-5-6-12(14)13(9-11)21(17,18)8-7-20(15,16)10(2)3/h5-6,9-10H,4,7-8,14H2,1-3H3. The highest BCUT2D eigenvalue weighted by atomic mass is 32.2. The van der Waals surface area contributed by atoms with Crippen LogP contribution in [0.5, 0.6) is 5.75 Å². The van der Waals surface area contributed by atoms with E-state index in [-0.39, 0.29) is 10.6 Å². The van der Waals surface area contributed by atoms with Gasteiger partial charge in [0.2, 0.25) is 0 Å². The van der Waals surface area contributed by atoms with E-state index in [2.05, 4.69) is 0 Å². The first-order chi connectivity index (χ1) is 9.60. The summed E-state index contributed by atoms with van der Waals surface area (Å²) in [7, 11) is -7.21. The molecule has 0 heterocycles. The monoisotopic (exact) mass is 335 g/mol. The molecule has 0 saturated heterocycles. The largest absolute Gasteiger partial charge is 0.494 e. The topological polar surface area (TPSA) is 104 Å². The van der Waals surface area contributed by atoms with Crippen LogP contribution < -0.4 is 10.5 Å². The molecule has 0 aliphatic heterocycles. The fraction of sp³-hybridized carbons (Fsp3) is 0.538. The number of sulfone groups is 2. The first kappa shape index (κ1) is 17.8. The van der Waals surface area contributed by atoms with Gasteiger partial charge in [0, 0.05) is 6.07 Å². The maximum atomic E-state index is 12.3. The van der Waals surface area contributed by atoms with Crippen LogP contribution in [0, 0.1) is 0 Å². The van der Waals surface area contributed by atoms with Crippen LogP contribution in [0.25, 0.3) is 0 Å².